The first-order valence-corrected chi connectivity index (χ1v) is 10.8. The van der Waals surface area contributed by atoms with Gasteiger partial charge in [-0.05, 0) is 36.9 Å². The fourth-order valence-corrected chi connectivity index (χ4v) is 4.54. The Morgan fingerprint density at radius 3 is 2.52 bits per heavy atom. The molecule has 1 aromatic heterocycles. The SMILES string of the molecule is CCN(CC)CCN(C(=O)Cc1ccccc1)c1nc2ccc(Br)cc2s1. The summed E-state index contributed by atoms with van der Waals surface area (Å²) in [4.78, 5) is 22.0. The molecule has 3 aromatic rings. The molecule has 4 nitrogen and oxygen atoms in total. The number of fused-ring (bicyclic) bond motifs is 1. The summed E-state index contributed by atoms with van der Waals surface area (Å²) in [7, 11) is 0. The predicted molar refractivity (Wildman–Crippen MR) is 118 cm³/mol. The van der Waals surface area contributed by atoms with Crippen LogP contribution in [0.5, 0.6) is 0 Å². The van der Waals surface area contributed by atoms with Gasteiger partial charge in [-0.2, -0.15) is 0 Å². The number of nitrogens with zero attached hydrogens (tertiary/aromatic N) is 3. The second-order valence-electron chi connectivity index (χ2n) is 6.34. The summed E-state index contributed by atoms with van der Waals surface area (Å²) in [6, 6.07) is 15.9. The van der Waals surface area contributed by atoms with Gasteiger partial charge in [0, 0.05) is 17.6 Å². The monoisotopic (exact) mass is 445 g/mol. The highest BCUT2D eigenvalue weighted by atomic mass is 79.9. The number of carbonyl (C=O) groups is 1. The summed E-state index contributed by atoms with van der Waals surface area (Å²) in [6.07, 6.45) is 0.388. The fourth-order valence-electron chi connectivity index (χ4n) is 2.98. The standard InChI is InChI=1S/C21H24BrN3OS/c1-3-24(4-2)12-13-25(20(26)14-16-8-6-5-7-9-16)21-23-18-11-10-17(22)15-19(18)27-21/h5-11,15H,3-4,12-14H2,1-2H3. The molecule has 0 N–H and O–H groups in total. The highest BCUT2D eigenvalue weighted by molar-refractivity contribution is 9.10. The maximum Gasteiger partial charge on any atom is 0.233 e. The van der Waals surface area contributed by atoms with E-state index in [0.29, 0.717) is 13.0 Å². The summed E-state index contributed by atoms with van der Waals surface area (Å²) >= 11 is 5.08. The summed E-state index contributed by atoms with van der Waals surface area (Å²) in [5.41, 5.74) is 1.96. The normalized spacial score (nSPS) is 11.3. The van der Waals surface area contributed by atoms with E-state index in [-0.39, 0.29) is 5.91 Å². The molecule has 0 fully saturated rings. The molecular formula is C21H24BrN3OS. The van der Waals surface area contributed by atoms with Crippen LogP contribution in [0.2, 0.25) is 0 Å². The van der Waals surface area contributed by atoms with Crippen molar-refractivity contribution in [1.82, 2.24) is 9.88 Å². The second kappa shape index (κ2) is 9.44. The van der Waals surface area contributed by atoms with Gasteiger partial charge in [0.25, 0.3) is 0 Å². The van der Waals surface area contributed by atoms with Crippen molar-refractivity contribution >= 4 is 48.5 Å². The molecule has 0 aliphatic heterocycles. The van der Waals surface area contributed by atoms with Crippen molar-refractivity contribution in [2.24, 2.45) is 0 Å². The number of hydrogen-bond donors (Lipinski definition) is 0. The largest absolute Gasteiger partial charge is 0.302 e. The minimum atomic E-state index is 0.0893. The van der Waals surface area contributed by atoms with Crippen LogP contribution < -0.4 is 4.90 Å². The Kier molecular flexibility index (Phi) is 6.99. The lowest BCUT2D eigenvalue weighted by atomic mass is 10.1. The summed E-state index contributed by atoms with van der Waals surface area (Å²) in [6.45, 7) is 7.74. The minimum absolute atomic E-state index is 0.0893. The number of thiazole rings is 1. The number of anilines is 1. The number of aromatic nitrogens is 1. The molecule has 0 aliphatic carbocycles. The molecule has 0 atom stereocenters. The Morgan fingerprint density at radius 2 is 1.81 bits per heavy atom. The molecule has 0 bridgehead atoms. The Hall–Kier alpha value is -1.76. The lowest BCUT2D eigenvalue weighted by Gasteiger charge is -2.24. The molecule has 27 heavy (non-hydrogen) atoms. The molecule has 2 aromatic carbocycles. The third-order valence-electron chi connectivity index (χ3n) is 4.60. The predicted octanol–water partition coefficient (Wildman–Crippen LogP) is 4.98. The zero-order valence-corrected chi connectivity index (χ0v) is 18.1. The molecule has 1 heterocycles. The van der Waals surface area contributed by atoms with Crippen LogP contribution in [0.15, 0.2) is 53.0 Å². The molecule has 6 heteroatoms. The average molecular weight is 446 g/mol. The number of hydrogen-bond acceptors (Lipinski definition) is 4. The molecule has 0 unspecified atom stereocenters. The van der Waals surface area contributed by atoms with Crippen molar-refractivity contribution < 1.29 is 4.79 Å². The zero-order chi connectivity index (χ0) is 19.2. The summed E-state index contributed by atoms with van der Waals surface area (Å²) in [5, 5.41) is 0.774. The highest BCUT2D eigenvalue weighted by Gasteiger charge is 2.20. The van der Waals surface area contributed by atoms with Crippen molar-refractivity contribution in [2.45, 2.75) is 20.3 Å². The number of amides is 1. The minimum Gasteiger partial charge on any atom is -0.302 e. The number of rotatable bonds is 8. The maximum atomic E-state index is 13.1. The van der Waals surface area contributed by atoms with Gasteiger partial charge in [0.1, 0.15) is 0 Å². The second-order valence-corrected chi connectivity index (χ2v) is 8.27. The van der Waals surface area contributed by atoms with E-state index < -0.39 is 0 Å². The number of benzene rings is 2. The summed E-state index contributed by atoms with van der Waals surface area (Å²) in [5.74, 6) is 0.0893. The first-order valence-electron chi connectivity index (χ1n) is 9.23. The van der Waals surface area contributed by atoms with Gasteiger partial charge in [0.15, 0.2) is 5.13 Å². The van der Waals surface area contributed by atoms with Crippen LogP contribution in [0, 0.1) is 0 Å². The third-order valence-corrected chi connectivity index (χ3v) is 6.14. The fraction of sp³-hybridized carbons (Fsp3) is 0.333. The lowest BCUT2D eigenvalue weighted by molar-refractivity contribution is -0.118. The Labute approximate surface area is 172 Å². The van der Waals surface area contributed by atoms with Crippen molar-refractivity contribution in [3.63, 3.8) is 0 Å². The van der Waals surface area contributed by atoms with E-state index in [2.05, 4.69) is 40.7 Å². The molecule has 0 saturated heterocycles. The Bertz CT molecular complexity index is 893. The van der Waals surface area contributed by atoms with Crippen LogP contribution in [0.1, 0.15) is 19.4 Å². The number of carbonyl (C=O) groups excluding carboxylic acids is 1. The van der Waals surface area contributed by atoms with Gasteiger partial charge in [-0.25, -0.2) is 4.98 Å². The van der Waals surface area contributed by atoms with E-state index in [1.807, 2.05) is 47.4 Å². The van der Waals surface area contributed by atoms with Crippen LogP contribution in [0.4, 0.5) is 5.13 Å². The molecule has 0 spiro atoms. The van der Waals surface area contributed by atoms with Crippen LogP contribution in [-0.4, -0.2) is 42.0 Å². The van der Waals surface area contributed by atoms with Crippen molar-refractivity contribution in [2.75, 3.05) is 31.1 Å². The maximum absolute atomic E-state index is 13.1. The van der Waals surface area contributed by atoms with Gasteiger partial charge < -0.3 is 4.90 Å². The summed E-state index contributed by atoms with van der Waals surface area (Å²) < 4.78 is 2.11. The van der Waals surface area contributed by atoms with Gasteiger partial charge in [-0.3, -0.25) is 9.69 Å². The molecule has 142 valence electrons. The smallest absolute Gasteiger partial charge is 0.233 e. The molecule has 1 amide bonds. The van der Waals surface area contributed by atoms with Gasteiger partial charge in [0.05, 0.1) is 16.6 Å². The van der Waals surface area contributed by atoms with E-state index in [0.717, 1.165) is 45.0 Å². The number of halogens is 1. The first kappa shape index (κ1) is 20.0. The van der Waals surface area contributed by atoms with Crippen molar-refractivity contribution in [3.8, 4) is 0 Å². The van der Waals surface area contributed by atoms with Gasteiger partial charge in [-0.1, -0.05) is 71.4 Å². The van der Waals surface area contributed by atoms with Crippen molar-refractivity contribution in [3.05, 3.63) is 58.6 Å². The van der Waals surface area contributed by atoms with Crippen LogP contribution in [0.3, 0.4) is 0 Å². The van der Waals surface area contributed by atoms with E-state index in [9.17, 15) is 4.79 Å². The topological polar surface area (TPSA) is 36.4 Å². The van der Waals surface area contributed by atoms with Gasteiger partial charge in [-0.15, -0.1) is 0 Å². The van der Waals surface area contributed by atoms with E-state index >= 15 is 0 Å². The Morgan fingerprint density at radius 1 is 1.07 bits per heavy atom. The molecule has 3 rings (SSSR count). The van der Waals surface area contributed by atoms with E-state index in [1.54, 1.807) is 11.3 Å². The zero-order valence-electron chi connectivity index (χ0n) is 15.7. The van der Waals surface area contributed by atoms with Crippen LogP contribution in [-0.2, 0) is 11.2 Å². The van der Waals surface area contributed by atoms with E-state index in [1.165, 1.54) is 0 Å². The van der Waals surface area contributed by atoms with Crippen molar-refractivity contribution in [1.29, 1.82) is 0 Å². The van der Waals surface area contributed by atoms with Gasteiger partial charge in [0.2, 0.25) is 5.91 Å². The van der Waals surface area contributed by atoms with E-state index in [4.69, 9.17) is 4.98 Å². The first-order chi connectivity index (χ1) is 13.1. The third kappa shape index (κ3) is 5.15. The average Bonchev–Trinajstić information content (AvgIpc) is 3.08. The van der Waals surface area contributed by atoms with Crippen LogP contribution in [0.25, 0.3) is 10.2 Å². The van der Waals surface area contributed by atoms with Gasteiger partial charge >= 0.3 is 0 Å². The molecule has 0 aliphatic rings. The molecule has 0 saturated carbocycles. The highest BCUT2D eigenvalue weighted by Crippen LogP contribution is 2.31. The molecular weight excluding hydrogens is 422 g/mol. The van der Waals surface area contributed by atoms with Crippen LogP contribution >= 0.6 is 27.3 Å². The lowest BCUT2D eigenvalue weighted by Crippen LogP contribution is -2.39. The Balaban J connectivity index is 1.86. The molecule has 0 radical (unpaired) electrons. The quantitative estimate of drug-likeness (QED) is 0.490. The number of likely N-dealkylation sites (N-methyl/N-ethyl adjacent to an activating group) is 1.